The molecule has 0 spiro atoms. The van der Waals surface area contributed by atoms with Crippen molar-refractivity contribution in [3.05, 3.63) is 0 Å². The molecule has 1 atom stereocenters. The van der Waals surface area contributed by atoms with E-state index in [4.69, 9.17) is 4.74 Å². The molecule has 0 aromatic heterocycles. The Morgan fingerprint density at radius 2 is 1.46 bits per heavy atom. The van der Waals surface area contributed by atoms with Crippen molar-refractivity contribution in [3.8, 4) is 0 Å². The SMILES string of the molecule is CCCCC(CCC)OC(=O)C1CCC(C2CCC(C)CC2)CC1. The lowest BCUT2D eigenvalue weighted by atomic mass is 9.69. The second-order valence-corrected chi connectivity index (χ2v) is 8.62. The van der Waals surface area contributed by atoms with Gasteiger partial charge < -0.3 is 4.74 Å². The molecule has 2 nitrogen and oxygen atoms in total. The zero-order chi connectivity index (χ0) is 17.4. The molecule has 0 heterocycles. The Balaban J connectivity index is 1.73. The minimum atomic E-state index is 0.111. The molecule has 2 heteroatoms. The molecule has 2 aliphatic rings. The van der Waals surface area contributed by atoms with Crippen LogP contribution in [0.1, 0.15) is 104 Å². The Hall–Kier alpha value is -0.530. The standard InChI is InChI=1S/C22H40O2/c1-4-6-8-21(7-5-2)24-22(23)20-15-13-19(14-16-20)18-11-9-17(3)10-12-18/h17-21H,4-16H2,1-3H3. The molecule has 2 fully saturated rings. The Labute approximate surface area is 150 Å². The van der Waals surface area contributed by atoms with Crippen LogP contribution in [-0.4, -0.2) is 12.1 Å². The third-order valence-corrected chi connectivity index (χ3v) is 6.61. The Bertz CT molecular complexity index is 349. The fourth-order valence-corrected chi connectivity index (χ4v) is 4.86. The van der Waals surface area contributed by atoms with Crippen molar-refractivity contribution in [1.82, 2.24) is 0 Å². The van der Waals surface area contributed by atoms with Gasteiger partial charge in [0.05, 0.1) is 5.92 Å². The van der Waals surface area contributed by atoms with Crippen LogP contribution in [0.4, 0.5) is 0 Å². The first kappa shape index (κ1) is 19.8. The molecule has 0 N–H and O–H groups in total. The lowest BCUT2D eigenvalue weighted by Crippen LogP contribution is -2.30. The van der Waals surface area contributed by atoms with Crippen molar-refractivity contribution < 1.29 is 9.53 Å². The fraction of sp³-hybridized carbons (Fsp3) is 0.955. The quantitative estimate of drug-likeness (QED) is 0.471. The highest BCUT2D eigenvalue weighted by Gasteiger charge is 2.33. The van der Waals surface area contributed by atoms with Crippen LogP contribution in [0.2, 0.25) is 0 Å². The highest BCUT2D eigenvalue weighted by atomic mass is 16.5. The van der Waals surface area contributed by atoms with Crippen LogP contribution in [0.5, 0.6) is 0 Å². The van der Waals surface area contributed by atoms with Gasteiger partial charge in [-0.25, -0.2) is 0 Å². The zero-order valence-corrected chi connectivity index (χ0v) is 16.4. The maximum atomic E-state index is 12.6. The van der Waals surface area contributed by atoms with Crippen LogP contribution in [0.15, 0.2) is 0 Å². The van der Waals surface area contributed by atoms with Crippen molar-refractivity contribution in [3.63, 3.8) is 0 Å². The molecule has 24 heavy (non-hydrogen) atoms. The average Bonchev–Trinajstić information content (AvgIpc) is 2.60. The fourth-order valence-electron chi connectivity index (χ4n) is 4.86. The third kappa shape index (κ3) is 6.08. The first-order valence-electron chi connectivity index (χ1n) is 10.8. The van der Waals surface area contributed by atoms with E-state index in [-0.39, 0.29) is 18.0 Å². The van der Waals surface area contributed by atoms with E-state index in [1.807, 2.05) is 0 Å². The Morgan fingerprint density at radius 1 is 0.875 bits per heavy atom. The van der Waals surface area contributed by atoms with E-state index in [0.29, 0.717) is 0 Å². The molecule has 0 amide bonds. The van der Waals surface area contributed by atoms with Crippen molar-refractivity contribution in [2.75, 3.05) is 0 Å². The molecule has 0 radical (unpaired) electrons. The summed E-state index contributed by atoms with van der Waals surface area (Å²) in [5.41, 5.74) is 0. The number of ether oxygens (including phenoxy) is 1. The van der Waals surface area contributed by atoms with Crippen LogP contribution in [0.25, 0.3) is 0 Å². The summed E-state index contributed by atoms with van der Waals surface area (Å²) in [7, 11) is 0. The van der Waals surface area contributed by atoms with Crippen molar-refractivity contribution in [2.24, 2.45) is 23.7 Å². The normalized spacial score (nSPS) is 32.3. The minimum Gasteiger partial charge on any atom is -0.462 e. The van der Waals surface area contributed by atoms with Gasteiger partial charge in [0.25, 0.3) is 0 Å². The Morgan fingerprint density at radius 3 is 2.00 bits per heavy atom. The van der Waals surface area contributed by atoms with Gasteiger partial charge in [0.1, 0.15) is 6.10 Å². The second kappa shape index (κ2) is 10.5. The van der Waals surface area contributed by atoms with Crippen LogP contribution >= 0.6 is 0 Å². The molecular weight excluding hydrogens is 296 g/mol. The van der Waals surface area contributed by atoms with E-state index in [1.54, 1.807) is 0 Å². The first-order chi connectivity index (χ1) is 11.6. The summed E-state index contributed by atoms with van der Waals surface area (Å²) < 4.78 is 5.89. The van der Waals surface area contributed by atoms with Crippen LogP contribution in [0, 0.1) is 23.7 Å². The molecule has 2 aliphatic carbocycles. The average molecular weight is 337 g/mol. The molecule has 0 bridgehead atoms. The molecule has 2 rings (SSSR count). The van der Waals surface area contributed by atoms with E-state index in [9.17, 15) is 4.79 Å². The first-order valence-corrected chi connectivity index (χ1v) is 10.8. The number of rotatable bonds is 8. The highest BCUT2D eigenvalue weighted by molar-refractivity contribution is 5.72. The summed E-state index contributed by atoms with van der Waals surface area (Å²) in [6.45, 7) is 6.79. The summed E-state index contributed by atoms with van der Waals surface area (Å²) in [5, 5.41) is 0. The van der Waals surface area contributed by atoms with Gasteiger partial charge in [-0.15, -0.1) is 0 Å². The molecule has 140 valence electrons. The Kier molecular flexibility index (Phi) is 8.62. The maximum absolute atomic E-state index is 12.6. The van der Waals surface area contributed by atoms with Gasteiger partial charge in [-0.05, 0) is 69.1 Å². The molecular formula is C22H40O2. The van der Waals surface area contributed by atoms with E-state index in [1.165, 1.54) is 51.4 Å². The summed E-state index contributed by atoms with van der Waals surface area (Å²) in [6.07, 6.45) is 16.1. The summed E-state index contributed by atoms with van der Waals surface area (Å²) in [6, 6.07) is 0. The number of hydrogen-bond donors (Lipinski definition) is 0. The van der Waals surface area contributed by atoms with Crippen molar-refractivity contribution in [1.29, 1.82) is 0 Å². The highest BCUT2D eigenvalue weighted by Crippen LogP contribution is 2.41. The number of carbonyl (C=O) groups excluding carboxylic acids is 1. The van der Waals surface area contributed by atoms with E-state index in [2.05, 4.69) is 20.8 Å². The summed E-state index contributed by atoms with van der Waals surface area (Å²) in [5.74, 6) is 3.06. The summed E-state index contributed by atoms with van der Waals surface area (Å²) in [4.78, 5) is 12.6. The van der Waals surface area contributed by atoms with Gasteiger partial charge in [0.2, 0.25) is 0 Å². The number of unbranched alkanes of at least 4 members (excludes halogenated alkanes) is 1. The molecule has 1 unspecified atom stereocenters. The molecule has 0 aromatic carbocycles. The monoisotopic (exact) mass is 336 g/mol. The predicted octanol–water partition coefficient (Wildman–Crippen LogP) is 6.52. The van der Waals surface area contributed by atoms with Crippen LogP contribution in [-0.2, 0) is 9.53 Å². The lowest BCUT2D eigenvalue weighted by molar-refractivity contribution is -0.156. The van der Waals surface area contributed by atoms with E-state index in [0.717, 1.165) is 49.9 Å². The predicted molar refractivity (Wildman–Crippen MR) is 101 cm³/mol. The van der Waals surface area contributed by atoms with Gasteiger partial charge in [-0.3, -0.25) is 4.79 Å². The maximum Gasteiger partial charge on any atom is 0.309 e. The van der Waals surface area contributed by atoms with Crippen molar-refractivity contribution >= 4 is 5.97 Å². The topological polar surface area (TPSA) is 26.3 Å². The van der Waals surface area contributed by atoms with Gasteiger partial charge in [-0.1, -0.05) is 52.9 Å². The number of carbonyl (C=O) groups is 1. The lowest BCUT2D eigenvalue weighted by Gasteiger charge is -2.37. The van der Waals surface area contributed by atoms with Gasteiger partial charge in [-0.2, -0.15) is 0 Å². The molecule has 2 saturated carbocycles. The second-order valence-electron chi connectivity index (χ2n) is 8.62. The largest absolute Gasteiger partial charge is 0.462 e. The van der Waals surface area contributed by atoms with Gasteiger partial charge in [0.15, 0.2) is 0 Å². The molecule has 0 saturated heterocycles. The summed E-state index contributed by atoms with van der Waals surface area (Å²) >= 11 is 0. The van der Waals surface area contributed by atoms with Crippen LogP contribution in [0.3, 0.4) is 0 Å². The van der Waals surface area contributed by atoms with Gasteiger partial charge >= 0.3 is 5.97 Å². The van der Waals surface area contributed by atoms with E-state index >= 15 is 0 Å². The zero-order valence-electron chi connectivity index (χ0n) is 16.4. The van der Waals surface area contributed by atoms with Gasteiger partial charge in [0, 0.05) is 0 Å². The minimum absolute atomic E-state index is 0.111. The molecule has 0 aromatic rings. The van der Waals surface area contributed by atoms with Crippen LogP contribution < -0.4 is 0 Å². The van der Waals surface area contributed by atoms with Crippen molar-refractivity contribution in [2.45, 2.75) is 110 Å². The number of esters is 1. The third-order valence-electron chi connectivity index (χ3n) is 6.61. The molecule has 0 aliphatic heterocycles. The number of hydrogen-bond acceptors (Lipinski definition) is 2. The van der Waals surface area contributed by atoms with E-state index < -0.39 is 0 Å². The smallest absolute Gasteiger partial charge is 0.309 e.